The molecule has 0 saturated carbocycles. The number of carbonyl (C=O) groups is 1. The van der Waals surface area contributed by atoms with E-state index in [0.29, 0.717) is 11.1 Å². The standard InChI is InChI=1S/C16H19ClFN3O2/c1-9(2)14(12-5-4-11(17)6-13(12)18)20-16(23)15(22)10-7-19-21(3)8-10/h4-9,14-15,22H,1-3H3,(H,20,23)/t14-,15-/m1/s1. The molecule has 0 radical (unpaired) electrons. The van der Waals surface area contributed by atoms with E-state index in [1.807, 2.05) is 13.8 Å². The van der Waals surface area contributed by atoms with Crippen molar-refractivity contribution in [3.8, 4) is 0 Å². The number of hydrogen-bond acceptors (Lipinski definition) is 3. The topological polar surface area (TPSA) is 67.2 Å². The number of aliphatic hydroxyl groups is 1. The van der Waals surface area contributed by atoms with E-state index in [-0.39, 0.29) is 10.9 Å². The van der Waals surface area contributed by atoms with Gasteiger partial charge in [0.2, 0.25) is 0 Å². The van der Waals surface area contributed by atoms with Gasteiger partial charge in [-0.05, 0) is 18.1 Å². The second-order valence-electron chi connectivity index (χ2n) is 5.75. The molecule has 0 aliphatic carbocycles. The molecule has 2 rings (SSSR count). The zero-order valence-corrected chi connectivity index (χ0v) is 13.9. The highest BCUT2D eigenvalue weighted by Gasteiger charge is 2.26. The molecule has 2 aromatic rings. The van der Waals surface area contributed by atoms with E-state index in [9.17, 15) is 14.3 Å². The van der Waals surface area contributed by atoms with Gasteiger partial charge in [-0.2, -0.15) is 5.10 Å². The number of aromatic nitrogens is 2. The molecule has 1 aromatic carbocycles. The van der Waals surface area contributed by atoms with Crippen LogP contribution in [0.2, 0.25) is 5.02 Å². The van der Waals surface area contributed by atoms with E-state index >= 15 is 0 Å². The average molecular weight is 340 g/mol. The first-order valence-electron chi connectivity index (χ1n) is 7.21. The van der Waals surface area contributed by atoms with E-state index in [2.05, 4.69) is 10.4 Å². The Bertz CT molecular complexity index is 702. The number of amides is 1. The first-order chi connectivity index (χ1) is 10.8. The fraction of sp³-hybridized carbons (Fsp3) is 0.375. The molecule has 0 saturated heterocycles. The molecule has 23 heavy (non-hydrogen) atoms. The van der Waals surface area contributed by atoms with Crippen LogP contribution in [0.15, 0.2) is 30.6 Å². The molecular weight excluding hydrogens is 321 g/mol. The number of rotatable bonds is 5. The van der Waals surface area contributed by atoms with E-state index in [0.717, 1.165) is 0 Å². The number of benzene rings is 1. The van der Waals surface area contributed by atoms with Crippen LogP contribution in [0.4, 0.5) is 4.39 Å². The summed E-state index contributed by atoms with van der Waals surface area (Å²) >= 11 is 5.76. The number of aryl methyl sites for hydroxylation is 1. The molecule has 1 aromatic heterocycles. The van der Waals surface area contributed by atoms with E-state index < -0.39 is 23.9 Å². The lowest BCUT2D eigenvalue weighted by Gasteiger charge is -2.24. The summed E-state index contributed by atoms with van der Waals surface area (Å²) < 4.78 is 15.6. The summed E-state index contributed by atoms with van der Waals surface area (Å²) in [6.07, 6.45) is 1.61. The molecular formula is C16H19ClFN3O2. The second-order valence-corrected chi connectivity index (χ2v) is 6.18. The third-order valence-corrected chi connectivity index (χ3v) is 3.79. The van der Waals surface area contributed by atoms with Gasteiger partial charge in [0, 0.05) is 29.4 Å². The Hall–Kier alpha value is -1.92. The van der Waals surface area contributed by atoms with E-state index in [1.165, 1.54) is 16.9 Å². The van der Waals surface area contributed by atoms with Gasteiger partial charge < -0.3 is 10.4 Å². The van der Waals surface area contributed by atoms with Gasteiger partial charge in [0.15, 0.2) is 6.10 Å². The van der Waals surface area contributed by atoms with E-state index in [4.69, 9.17) is 11.6 Å². The summed E-state index contributed by atoms with van der Waals surface area (Å²) in [5, 5.41) is 17.0. The molecule has 0 aliphatic rings. The molecule has 2 atom stereocenters. The SMILES string of the molecule is CC(C)[C@@H](NC(=O)[C@H](O)c1cnn(C)c1)c1ccc(Cl)cc1F. The predicted octanol–water partition coefficient (Wildman–Crippen LogP) is 2.76. The van der Waals surface area contributed by atoms with Crippen molar-refractivity contribution in [1.29, 1.82) is 0 Å². The predicted molar refractivity (Wildman–Crippen MR) is 85.3 cm³/mol. The highest BCUT2D eigenvalue weighted by Crippen LogP contribution is 2.27. The molecule has 0 bridgehead atoms. The Morgan fingerprint density at radius 2 is 2.13 bits per heavy atom. The van der Waals surface area contributed by atoms with Gasteiger partial charge in [-0.15, -0.1) is 0 Å². The van der Waals surface area contributed by atoms with Crippen molar-refractivity contribution in [3.05, 3.63) is 52.6 Å². The maximum atomic E-state index is 14.1. The second kappa shape index (κ2) is 7.10. The lowest BCUT2D eigenvalue weighted by Crippen LogP contribution is -2.35. The Kier molecular flexibility index (Phi) is 5.38. The molecule has 0 unspecified atom stereocenters. The fourth-order valence-electron chi connectivity index (χ4n) is 2.32. The van der Waals surface area contributed by atoms with Crippen LogP contribution in [0.25, 0.3) is 0 Å². The maximum absolute atomic E-state index is 14.1. The van der Waals surface area contributed by atoms with Crippen molar-refractivity contribution in [3.63, 3.8) is 0 Å². The highest BCUT2D eigenvalue weighted by molar-refractivity contribution is 6.30. The van der Waals surface area contributed by atoms with Crippen LogP contribution < -0.4 is 5.32 Å². The molecule has 124 valence electrons. The number of hydrogen-bond donors (Lipinski definition) is 2. The molecule has 5 nitrogen and oxygen atoms in total. The van der Waals surface area contributed by atoms with Gasteiger partial charge in [0.05, 0.1) is 12.2 Å². The normalized spacial score (nSPS) is 13.9. The molecule has 7 heteroatoms. The van der Waals surface area contributed by atoms with Crippen LogP contribution >= 0.6 is 11.6 Å². The Balaban J connectivity index is 2.20. The van der Waals surface area contributed by atoms with Gasteiger partial charge >= 0.3 is 0 Å². The molecule has 1 amide bonds. The van der Waals surface area contributed by atoms with Crippen LogP contribution in [0.1, 0.15) is 37.1 Å². The first-order valence-corrected chi connectivity index (χ1v) is 7.59. The Morgan fingerprint density at radius 1 is 1.43 bits per heavy atom. The summed E-state index contributed by atoms with van der Waals surface area (Å²) in [5.41, 5.74) is 0.709. The zero-order valence-electron chi connectivity index (χ0n) is 13.1. The average Bonchev–Trinajstić information content (AvgIpc) is 2.90. The van der Waals surface area contributed by atoms with Crippen molar-refractivity contribution in [2.24, 2.45) is 13.0 Å². The minimum Gasteiger partial charge on any atom is -0.378 e. The quantitative estimate of drug-likeness (QED) is 0.880. The third-order valence-electron chi connectivity index (χ3n) is 3.55. The summed E-state index contributed by atoms with van der Waals surface area (Å²) in [7, 11) is 1.69. The number of nitrogens with zero attached hydrogens (tertiary/aromatic N) is 2. The van der Waals surface area contributed by atoms with Crippen LogP contribution in [0.5, 0.6) is 0 Å². The monoisotopic (exact) mass is 339 g/mol. The van der Waals surface area contributed by atoms with Gasteiger partial charge in [-0.3, -0.25) is 9.48 Å². The van der Waals surface area contributed by atoms with E-state index in [1.54, 1.807) is 25.4 Å². The Labute approximate surface area is 139 Å². The van der Waals surface area contributed by atoms with Crippen molar-refractivity contribution in [2.75, 3.05) is 0 Å². The van der Waals surface area contributed by atoms with Gasteiger partial charge in [-0.25, -0.2) is 4.39 Å². The maximum Gasteiger partial charge on any atom is 0.254 e. The lowest BCUT2D eigenvalue weighted by molar-refractivity contribution is -0.130. The van der Waals surface area contributed by atoms with Crippen molar-refractivity contribution in [2.45, 2.75) is 26.0 Å². The highest BCUT2D eigenvalue weighted by atomic mass is 35.5. The summed E-state index contributed by atoms with van der Waals surface area (Å²) in [6, 6.07) is 3.74. The van der Waals surface area contributed by atoms with Crippen LogP contribution in [-0.4, -0.2) is 20.8 Å². The smallest absolute Gasteiger partial charge is 0.254 e. The summed E-state index contributed by atoms with van der Waals surface area (Å²) in [4.78, 5) is 12.3. The summed E-state index contributed by atoms with van der Waals surface area (Å²) in [5.74, 6) is -1.17. The summed E-state index contributed by atoms with van der Waals surface area (Å²) in [6.45, 7) is 3.71. The molecule has 0 aliphatic heterocycles. The van der Waals surface area contributed by atoms with Gasteiger partial charge in [-0.1, -0.05) is 31.5 Å². The molecule has 1 heterocycles. The number of carbonyl (C=O) groups excluding carboxylic acids is 1. The van der Waals surface area contributed by atoms with Gasteiger partial charge in [0.25, 0.3) is 5.91 Å². The number of halogens is 2. The van der Waals surface area contributed by atoms with Crippen LogP contribution in [-0.2, 0) is 11.8 Å². The largest absolute Gasteiger partial charge is 0.378 e. The Morgan fingerprint density at radius 3 is 2.65 bits per heavy atom. The van der Waals surface area contributed by atoms with Crippen molar-refractivity contribution >= 4 is 17.5 Å². The molecule has 2 N–H and O–H groups in total. The first kappa shape index (κ1) is 17.4. The molecule has 0 spiro atoms. The van der Waals surface area contributed by atoms with Crippen molar-refractivity contribution in [1.82, 2.24) is 15.1 Å². The lowest BCUT2D eigenvalue weighted by atomic mass is 9.95. The van der Waals surface area contributed by atoms with Gasteiger partial charge in [0.1, 0.15) is 5.82 Å². The fourth-order valence-corrected chi connectivity index (χ4v) is 2.48. The van der Waals surface area contributed by atoms with Crippen LogP contribution in [0.3, 0.4) is 0 Å². The third kappa shape index (κ3) is 4.09. The van der Waals surface area contributed by atoms with Crippen molar-refractivity contribution < 1.29 is 14.3 Å². The number of aliphatic hydroxyl groups excluding tert-OH is 1. The molecule has 0 fully saturated rings. The zero-order chi connectivity index (χ0) is 17.1. The van der Waals surface area contributed by atoms with Crippen LogP contribution in [0, 0.1) is 11.7 Å². The number of nitrogens with one attached hydrogen (secondary N) is 1. The minimum absolute atomic E-state index is 0.0734. The minimum atomic E-state index is -1.36.